The van der Waals surface area contributed by atoms with E-state index < -0.39 is 0 Å². The molecule has 0 aromatic carbocycles. The summed E-state index contributed by atoms with van der Waals surface area (Å²) in [6.07, 6.45) is 4.42. The highest BCUT2D eigenvalue weighted by Crippen LogP contribution is 2.20. The van der Waals surface area contributed by atoms with Crippen LogP contribution < -0.4 is 5.73 Å². The van der Waals surface area contributed by atoms with Crippen molar-refractivity contribution in [3.63, 3.8) is 0 Å². The molecule has 1 aliphatic rings. The summed E-state index contributed by atoms with van der Waals surface area (Å²) in [6.45, 7) is 5.74. The van der Waals surface area contributed by atoms with Crippen molar-refractivity contribution in [2.45, 2.75) is 58.0 Å². The Hall–Kier alpha value is -0.160. The molecule has 1 aliphatic carbocycles. The summed E-state index contributed by atoms with van der Waals surface area (Å²) in [4.78, 5) is 0. The fraction of sp³-hybridized carbons (Fsp3) is 1.00. The molecule has 0 heterocycles. The molecular formula is C12H25NO3. The number of rotatable bonds is 7. The van der Waals surface area contributed by atoms with Crippen LogP contribution in [-0.2, 0) is 14.2 Å². The van der Waals surface area contributed by atoms with Gasteiger partial charge in [0.05, 0.1) is 12.7 Å². The van der Waals surface area contributed by atoms with Crippen LogP contribution in [0.2, 0.25) is 0 Å². The maximum absolute atomic E-state index is 5.91. The van der Waals surface area contributed by atoms with Crippen LogP contribution in [0.25, 0.3) is 0 Å². The third-order valence-electron chi connectivity index (χ3n) is 2.84. The molecule has 0 radical (unpaired) electrons. The van der Waals surface area contributed by atoms with Crippen LogP contribution in [0.5, 0.6) is 0 Å². The molecule has 0 aromatic rings. The second-order valence-corrected chi connectivity index (χ2v) is 4.22. The van der Waals surface area contributed by atoms with Crippen molar-refractivity contribution in [2.24, 2.45) is 5.73 Å². The van der Waals surface area contributed by atoms with E-state index in [2.05, 4.69) is 0 Å². The van der Waals surface area contributed by atoms with E-state index in [0.717, 1.165) is 19.3 Å². The minimum Gasteiger partial charge on any atom is -0.373 e. The van der Waals surface area contributed by atoms with Crippen LogP contribution >= 0.6 is 0 Å². The average Bonchev–Trinajstić information content (AvgIpc) is 2.27. The molecular weight excluding hydrogens is 206 g/mol. The van der Waals surface area contributed by atoms with E-state index >= 15 is 0 Å². The van der Waals surface area contributed by atoms with Crippen LogP contribution in [0.3, 0.4) is 0 Å². The molecule has 2 N–H and O–H groups in total. The van der Waals surface area contributed by atoms with Crippen molar-refractivity contribution < 1.29 is 14.2 Å². The van der Waals surface area contributed by atoms with Gasteiger partial charge < -0.3 is 19.9 Å². The zero-order valence-corrected chi connectivity index (χ0v) is 10.5. The fourth-order valence-corrected chi connectivity index (χ4v) is 2.06. The summed E-state index contributed by atoms with van der Waals surface area (Å²) in [5.74, 6) is 0. The molecule has 1 saturated carbocycles. The van der Waals surface area contributed by atoms with Gasteiger partial charge in [-0.15, -0.1) is 0 Å². The second kappa shape index (κ2) is 8.01. The van der Waals surface area contributed by atoms with Gasteiger partial charge in [-0.1, -0.05) is 0 Å². The van der Waals surface area contributed by atoms with Gasteiger partial charge in [0, 0.05) is 19.3 Å². The summed E-state index contributed by atoms with van der Waals surface area (Å²) in [6, 6.07) is 0.302. The van der Waals surface area contributed by atoms with Gasteiger partial charge in [-0.25, -0.2) is 0 Å². The molecule has 0 bridgehead atoms. The van der Waals surface area contributed by atoms with E-state index in [-0.39, 0.29) is 12.4 Å². The topological polar surface area (TPSA) is 53.7 Å². The molecule has 2 unspecified atom stereocenters. The Kier molecular flexibility index (Phi) is 6.96. The molecule has 96 valence electrons. The molecule has 4 nitrogen and oxygen atoms in total. The van der Waals surface area contributed by atoms with Crippen LogP contribution in [0, 0.1) is 0 Å². The summed E-state index contributed by atoms with van der Waals surface area (Å²) in [5.41, 5.74) is 5.91. The Morgan fingerprint density at radius 2 is 1.88 bits per heavy atom. The van der Waals surface area contributed by atoms with Crippen molar-refractivity contribution in [1.29, 1.82) is 0 Å². The largest absolute Gasteiger partial charge is 0.373 e. The Morgan fingerprint density at radius 1 is 1.19 bits per heavy atom. The zero-order chi connectivity index (χ0) is 11.8. The van der Waals surface area contributed by atoms with Crippen molar-refractivity contribution >= 4 is 0 Å². The van der Waals surface area contributed by atoms with Crippen molar-refractivity contribution in [2.75, 3.05) is 19.8 Å². The Morgan fingerprint density at radius 3 is 2.44 bits per heavy atom. The first kappa shape index (κ1) is 13.9. The quantitative estimate of drug-likeness (QED) is 0.677. The summed E-state index contributed by atoms with van der Waals surface area (Å²) in [5, 5.41) is 0. The van der Waals surface area contributed by atoms with E-state index in [0.29, 0.717) is 25.9 Å². The van der Waals surface area contributed by atoms with Gasteiger partial charge in [-0.2, -0.15) is 0 Å². The lowest BCUT2D eigenvalue weighted by Crippen LogP contribution is -2.34. The van der Waals surface area contributed by atoms with Crippen LogP contribution in [0.4, 0.5) is 0 Å². The first-order chi connectivity index (χ1) is 7.76. The molecule has 0 saturated heterocycles. The molecule has 0 aliphatic heterocycles. The first-order valence-electron chi connectivity index (χ1n) is 6.36. The van der Waals surface area contributed by atoms with Gasteiger partial charge >= 0.3 is 0 Å². The highest BCUT2D eigenvalue weighted by Gasteiger charge is 2.21. The number of nitrogens with two attached hydrogens (primary N) is 1. The summed E-state index contributed by atoms with van der Waals surface area (Å²) >= 11 is 0. The first-order valence-corrected chi connectivity index (χ1v) is 6.36. The zero-order valence-electron chi connectivity index (χ0n) is 10.5. The average molecular weight is 231 g/mol. The third-order valence-corrected chi connectivity index (χ3v) is 2.84. The normalized spacial score (nSPS) is 26.2. The van der Waals surface area contributed by atoms with E-state index in [4.69, 9.17) is 19.9 Å². The van der Waals surface area contributed by atoms with E-state index in [9.17, 15) is 0 Å². The lowest BCUT2D eigenvalue weighted by molar-refractivity contribution is -0.178. The second-order valence-electron chi connectivity index (χ2n) is 4.22. The highest BCUT2D eigenvalue weighted by atomic mass is 16.7. The third kappa shape index (κ3) is 5.25. The summed E-state index contributed by atoms with van der Waals surface area (Å²) < 4.78 is 16.6. The molecule has 2 atom stereocenters. The Labute approximate surface area is 98.4 Å². The lowest BCUT2D eigenvalue weighted by Gasteiger charge is -2.28. The number of hydrogen-bond donors (Lipinski definition) is 1. The number of ether oxygens (including phenoxy) is 3. The van der Waals surface area contributed by atoms with Crippen molar-refractivity contribution in [3.05, 3.63) is 0 Å². The SMILES string of the molecule is CCOC(COC1CCCC(N)C1)OCC. The minimum atomic E-state index is -0.229. The fourth-order valence-electron chi connectivity index (χ4n) is 2.06. The summed E-state index contributed by atoms with van der Waals surface area (Å²) in [7, 11) is 0. The van der Waals surface area contributed by atoms with Gasteiger partial charge in [0.2, 0.25) is 0 Å². The van der Waals surface area contributed by atoms with Gasteiger partial charge in [-0.05, 0) is 39.5 Å². The molecule has 0 aromatic heterocycles. The Balaban J connectivity index is 2.19. The van der Waals surface area contributed by atoms with Gasteiger partial charge in [0.25, 0.3) is 0 Å². The van der Waals surface area contributed by atoms with Gasteiger partial charge in [-0.3, -0.25) is 0 Å². The molecule has 0 spiro atoms. The van der Waals surface area contributed by atoms with Gasteiger partial charge in [0.15, 0.2) is 6.29 Å². The maximum Gasteiger partial charge on any atom is 0.180 e. The Bertz CT molecular complexity index is 167. The smallest absolute Gasteiger partial charge is 0.180 e. The number of hydrogen-bond acceptors (Lipinski definition) is 4. The molecule has 4 heteroatoms. The van der Waals surface area contributed by atoms with Crippen molar-refractivity contribution in [1.82, 2.24) is 0 Å². The van der Waals surface area contributed by atoms with Gasteiger partial charge in [0.1, 0.15) is 0 Å². The standard InChI is InChI=1S/C12H25NO3/c1-3-14-12(15-4-2)9-16-11-7-5-6-10(13)8-11/h10-12H,3-9,13H2,1-2H3. The minimum absolute atomic E-state index is 0.229. The van der Waals surface area contributed by atoms with Crippen molar-refractivity contribution in [3.8, 4) is 0 Å². The van der Waals surface area contributed by atoms with Crippen LogP contribution in [0.1, 0.15) is 39.5 Å². The van der Waals surface area contributed by atoms with E-state index in [1.807, 2.05) is 13.8 Å². The molecule has 1 rings (SSSR count). The monoisotopic (exact) mass is 231 g/mol. The lowest BCUT2D eigenvalue weighted by atomic mass is 9.94. The van der Waals surface area contributed by atoms with Crippen LogP contribution in [-0.4, -0.2) is 38.3 Å². The predicted molar refractivity (Wildman–Crippen MR) is 63.2 cm³/mol. The van der Waals surface area contributed by atoms with E-state index in [1.54, 1.807) is 0 Å². The highest BCUT2D eigenvalue weighted by molar-refractivity contribution is 4.75. The molecule has 1 fully saturated rings. The molecule has 16 heavy (non-hydrogen) atoms. The van der Waals surface area contributed by atoms with Crippen LogP contribution in [0.15, 0.2) is 0 Å². The molecule has 0 amide bonds. The predicted octanol–water partition coefficient (Wildman–Crippen LogP) is 1.67. The maximum atomic E-state index is 5.91. The van der Waals surface area contributed by atoms with E-state index in [1.165, 1.54) is 6.42 Å².